The number of para-hydroxylation sites is 1. The van der Waals surface area contributed by atoms with Crippen molar-refractivity contribution in [3.05, 3.63) is 58.7 Å². The topological polar surface area (TPSA) is 39.2 Å². The van der Waals surface area contributed by atoms with E-state index < -0.39 is 0 Å². The van der Waals surface area contributed by atoms with Gasteiger partial charge in [0.05, 0.1) is 0 Å². The molecule has 3 aromatic rings. The Morgan fingerprint density at radius 3 is 2.53 bits per heavy atom. The number of aromatic nitrogens is 1. The summed E-state index contributed by atoms with van der Waals surface area (Å²) in [7, 11) is 1.61. The van der Waals surface area contributed by atoms with Gasteiger partial charge < -0.3 is 0 Å². The minimum atomic E-state index is 0.00754. The van der Waals surface area contributed by atoms with Crippen molar-refractivity contribution in [2.45, 2.75) is 0 Å². The van der Waals surface area contributed by atoms with Crippen molar-refractivity contribution in [2.24, 2.45) is 0 Å². The summed E-state index contributed by atoms with van der Waals surface area (Å²) in [6.45, 7) is 0. The summed E-state index contributed by atoms with van der Waals surface area (Å²) in [4.78, 5) is 16.8. The van der Waals surface area contributed by atoms with Gasteiger partial charge in [-0.1, -0.05) is 0 Å². The van der Waals surface area contributed by atoms with Gasteiger partial charge in [0.15, 0.2) is 0 Å². The summed E-state index contributed by atoms with van der Waals surface area (Å²) in [5.41, 5.74) is 1.59. The molecule has 0 bridgehead atoms. The molecule has 0 saturated carbocycles. The fourth-order valence-corrected chi connectivity index (χ4v) is 3.78. The van der Waals surface area contributed by atoms with E-state index in [0.717, 1.165) is 11.3 Å². The van der Waals surface area contributed by atoms with Gasteiger partial charge in [0.2, 0.25) is 0 Å². The van der Waals surface area contributed by atoms with Crippen LogP contribution in [0.3, 0.4) is 0 Å². The molecule has 4 heteroatoms. The van der Waals surface area contributed by atoms with E-state index in [1.54, 1.807) is 31.4 Å². The van der Waals surface area contributed by atoms with Crippen LogP contribution in [0.4, 0.5) is 0 Å². The Morgan fingerprint density at radius 2 is 1.84 bits per heavy atom. The molecule has 3 nitrogen and oxygen atoms in total. The second-order valence-electron chi connectivity index (χ2n) is 4.04. The third-order valence-corrected chi connectivity index (χ3v) is 5.01. The zero-order valence-corrected chi connectivity index (χ0v) is 12.0. The van der Waals surface area contributed by atoms with Crippen LogP contribution in [-0.2, 0) is 0 Å². The Morgan fingerprint density at radius 1 is 1.11 bits per heavy atom. The number of methoxy groups -OCH3 is 1. The number of carbonyl (C=O) groups is 1. The maximum absolute atomic E-state index is 12.4. The molecule has 0 atom stereocenters. The summed E-state index contributed by atoms with van der Waals surface area (Å²) in [5, 5.41) is 0. The van der Waals surface area contributed by atoms with Gasteiger partial charge in [-0.25, -0.2) is 0 Å². The maximum atomic E-state index is 12.4. The van der Waals surface area contributed by atoms with Gasteiger partial charge in [-0.05, 0) is 0 Å². The van der Waals surface area contributed by atoms with Crippen LogP contribution in [0.1, 0.15) is 14.9 Å². The minimum absolute atomic E-state index is 0.00754. The molecule has 0 unspecified atom stereocenters. The zero-order chi connectivity index (χ0) is 13.2. The molecule has 0 fully saturated rings. The second kappa shape index (κ2) is 5.00. The van der Waals surface area contributed by atoms with E-state index in [0.29, 0.717) is 10.1 Å². The van der Waals surface area contributed by atoms with Crippen molar-refractivity contribution < 1.29 is 9.53 Å². The SMILES string of the molecule is COc1ccc(C(=O)c2nc3ccccc3[se]2)cc1. The van der Waals surface area contributed by atoms with E-state index >= 15 is 0 Å². The van der Waals surface area contributed by atoms with Gasteiger partial charge in [-0.2, -0.15) is 0 Å². The number of ketones is 1. The number of hydrogen-bond acceptors (Lipinski definition) is 3. The third kappa shape index (κ3) is 2.33. The van der Waals surface area contributed by atoms with Crippen LogP contribution in [-0.4, -0.2) is 32.4 Å². The van der Waals surface area contributed by atoms with Crippen LogP contribution >= 0.6 is 0 Å². The second-order valence-corrected chi connectivity index (χ2v) is 6.21. The van der Waals surface area contributed by atoms with Crippen molar-refractivity contribution in [3.63, 3.8) is 0 Å². The first-order valence-electron chi connectivity index (χ1n) is 5.82. The predicted molar refractivity (Wildman–Crippen MR) is 75.1 cm³/mol. The Hall–Kier alpha value is -1.90. The Bertz CT molecular complexity index is 698. The first-order chi connectivity index (χ1) is 9.28. The fourth-order valence-electron chi connectivity index (χ4n) is 1.84. The Labute approximate surface area is 116 Å². The molecule has 1 aromatic heterocycles. The molecule has 0 amide bonds. The van der Waals surface area contributed by atoms with Gasteiger partial charge >= 0.3 is 116 Å². The molecule has 0 spiro atoms. The first kappa shape index (κ1) is 12.1. The molecular formula is C15H11NO2Se. The number of benzene rings is 2. The molecule has 0 radical (unpaired) electrons. The van der Waals surface area contributed by atoms with Crippen molar-refractivity contribution in [2.75, 3.05) is 7.11 Å². The summed E-state index contributed by atoms with van der Waals surface area (Å²) < 4.78 is 6.93. The molecule has 0 aliphatic rings. The average molecular weight is 316 g/mol. The predicted octanol–water partition coefficient (Wildman–Crippen LogP) is 2.53. The molecule has 0 aliphatic carbocycles. The molecule has 0 aliphatic heterocycles. The van der Waals surface area contributed by atoms with E-state index in [-0.39, 0.29) is 20.3 Å². The first-order valence-corrected chi connectivity index (χ1v) is 7.53. The normalized spacial score (nSPS) is 10.6. The Kier molecular flexibility index (Phi) is 3.20. The summed E-state index contributed by atoms with van der Waals surface area (Å²) in [5.74, 6) is 0.762. The van der Waals surface area contributed by atoms with Crippen LogP contribution < -0.4 is 4.74 Å². The van der Waals surface area contributed by atoms with E-state index in [9.17, 15) is 4.79 Å². The van der Waals surface area contributed by atoms with Gasteiger partial charge in [0.25, 0.3) is 0 Å². The van der Waals surface area contributed by atoms with Crippen molar-refractivity contribution in [1.82, 2.24) is 4.98 Å². The summed E-state index contributed by atoms with van der Waals surface area (Å²) in [6, 6.07) is 15.1. The molecule has 94 valence electrons. The standard InChI is InChI=1S/C15H11NO2Se/c1-18-11-8-6-10(7-9-11)14(17)15-16-12-4-2-3-5-13(12)19-15/h2-9H,1H3. The fraction of sp³-hybridized carbons (Fsp3) is 0.0667. The number of carbonyl (C=O) groups excluding carboxylic acids is 1. The van der Waals surface area contributed by atoms with E-state index in [1.807, 2.05) is 24.3 Å². The van der Waals surface area contributed by atoms with Crippen molar-refractivity contribution in [1.29, 1.82) is 0 Å². The van der Waals surface area contributed by atoms with Gasteiger partial charge in [-0.3, -0.25) is 0 Å². The van der Waals surface area contributed by atoms with Crippen LogP contribution in [0.5, 0.6) is 5.75 Å². The number of ether oxygens (including phenoxy) is 1. The number of rotatable bonds is 3. The summed E-state index contributed by atoms with van der Waals surface area (Å²) >= 11 is 0.00754. The monoisotopic (exact) mass is 317 g/mol. The van der Waals surface area contributed by atoms with Crippen molar-refractivity contribution >= 4 is 30.1 Å². The van der Waals surface area contributed by atoms with Gasteiger partial charge in [0.1, 0.15) is 0 Å². The quantitative estimate of drug-likeness (QED) is 0.551. The molecular weight excluding hydrogens is 305 g/mol. The number of fused-ring (bicyclic) bond motifs is 1. The molecule has 0 N–H and O–H groups in total. The molecule has 1 heterocycles. The number of nitrogens with zero attached hydrogens (tertiary/aromatic N) is 1. The van der Waals surface area contributed by atoms with Gasteiger partial charge in [-0.15, -0.1) is 0 Å². The molecule has 2 aromatic carbocycles. The van der Waals surface area contributed by atoms with E-state index in [1.165, 1.54) is 4.26 Å². The third-order valence-electron chi connectivity index (χ3n) is 2.84. The Balaban J connectivity index is 1.98. The number of hydrogen-bond donors (Lipinski definition) is 0. The average Bonchev–Trinajstić information content (AvgIpc) is 2.90. The summed E-state index contributed by atoms with van der Waals surface area (Å²) in [6.07, 6.45) is 0. The van der Waals surface area contributed by atoms with Crippen LogP contribution in [0, 0.1) is 0 Å². The van der Waals surface area contributed by atoms with Crippen LogP contribution in [0.15, 0.2) is 48.5 Å². The zero-order valence-electron chi connectivity index (χ0n) is 10.3. The van der Waals surface area contributed by atoms with E-state index in [2.05, 4.69) is 4.98 Å². The van der Waals surface area contributed by atoms with Crippen LogP contribution in [0.25, 0.3) is 9.78 Å². The van der Waals surface area contributed by atoms with Crippen molar-refractivity contribution in [3.8, 4) is 5.75 Å². The van der Waals surface area contributed by atoms with Crippen LogP contribution in [0.2, 0.25) is 0 Å². The van der Waals surface area contributed by atoms with Gasteiger partial charge in [0, 0.05) is 0 Å². The van der Waals surface area contributed by atoms with E-state index in [4.69, 9.17) is 4.74 Å². The molecule has 0 saturated heterocycles. The molecule has 19 heavy (non-hydrogen) atoms. The molecule has 3 rings (SSSR count).